The van der Waals surface area contributed by atoms with Crippen molar-refractivity contribution in [3.05, 3.63) is 48.2 Å². The maximum absolute atomic E-state index is 5.68. The molecule has 1 unspecified atom stereocenters. The maximum atomic E-state index is 5.68. The molecular formula is C18H21N5O2. The molecule has 0 radical (unpaired) electrons. The van der Waals surface area contributed by atoms with Crippen molar-refractivity contribution in [2.75, 3.05) is 25.0 Å². The number of furan rings is 1. The van der Waals surface area contributed by atoms with E-state index in [0.29, 0.717) is 30.0 Å². The van der Waals surface area contributed by atoms with Crippen LogP contribution in [0.5, 0.6) is 0 Å². The first-order valence-electron chi connectivity index (χ1n) is 8.52. The van der Waals surface area contributed by atoms with Crippen molar-refractivity contribution in [3.63, 3.8) is 0 Å². The second-order valence-electron chi connectivity index (χ2n) is 6.41. The lowest BCUT2D eigenvalue weighted by molar-refractivity contribution is 0.282. The van der Waals surface area contributed by atoms with Gasteiger partial charge in [-0.05, 0) is 50.1 Å². The van der Waals surface area contributed by atoms with Gasteiger partial charge in [-0.15, -0.1) is 10.2 Å². The maximum Gasteiger partial charge on any atom is 0.283 e. The Hall–Kier alpha value is -2.67. The van der Waals surface area contributed by atoms with Crippen LogP contribution in [-0.2, 0) is 6.54 Å². The second kappa shape index (κ2) is 7.06. The number of likely N-dealkylation sites (tertiary alicyclic amines) is 1. The van der Waals surface area contributed by atoms with Crippen molar-refractivity contribution < 1.29 is 8.83 Å². The second-order valence-corrected chi connectivity index (χ2v) is 6.41. The zero-order valence-electron chi connectivity index (χ0n) is 14.2. The number of aryl methyl sites for hydroxylation is 1. The SMILES string of the molecule is Cc1cccc(NCC2CCN(Cc3nnc(-c4ccco4)o3)C2)n1. The molecule has 7 heteroatoms. The van der Waals surface area contributed by atoms with Gasteiger partial charge in [0.2, 0.25) is 5.89 Å². The first-order chi connectivity index (χ1) is 12.3. The van der Waals surface area contributed by atoms with Crippen molar-refractivity contribution in [2.24, 2.45) is 5.92 Å². The summed E-state index contributed by atoms with van der Waals surface area (Å²) in [5.41, 5.74) is 1.03. The van der Waals surface area contributed by atoms with E-state index in [1.165, 1.54) is 0 Å². The van der Waals surface area contributed by atoms with Gasteiger partial charge in [0.05, 0.1) is 12.8 Å². The molecule has 0 aromatic carbocycles. The molecule has 1 saturated heterocycles. The average Bonchev–Trinajstić information content (AvgIpc) is 3.35. The van der Waals surface area contributed by atoms with Crippen molar-refractivity contribution in [2.45, 2.75) is 19.9 Å². The summed E-state index contributed by atoms with van der Waals surface area (Å²) in [5, 5.41) is 11.6. The number of hydrogen-bond donors (Lipinski definition) is 1. The summed E-state index contributed by atoms with van der Waals surface area (Å²) < 4.78 is 11.0. The van der Waals surface area contributed by atoms with E-state index in [2.05, 4.69) is 25.4 Å². The predicted molar refractivity (Wildman–Crippen MR) is 92.8 cm³/mol. The zero-order chi connectivity index (χ0) is 17.1. The highest BCUT2D eigenvalue weighted by Crippen LogP contribution is 2.22. The van der Waals surface area contributed by atoms with Gasteiger partial charge in [-0.3, -0.25) is 4.90 Å². The lowest BCUT2D eigenvalue weighted by Crippen LogP contribution is -2.23. The monoisotopic (exact) mass is 339 g/mol. The van der Waals surface area contributed by atoms with Gasteiger partial charge < -0.3 is 14.2 Å². The molecule has 4 heterocycles. The fraction of sp³-hybridized carbons (Fsp3) is 0.389. The Morgan fingerprint density at radius 1 is 1.24 bits per heavy atom. The summed E-state index contributed by atoms with van der Waals surface area (Å²) in [7, 11) is 0. The van der Waals surface area contributed by atoms with E-state index in [1.807, 2.05) is 31.2 Å². The molecule has 0 amide bonds. The van der Waals surface area contributed by atoms with Crippen LogP contribution in [-0.4, -0.2) is 39.7 Å². The largest absolute Gasteiger partial charge is 0.459 e. The van der Waals surface area contributed by atoms with E-state index in [4.69, 9.17) is 8.83 Å². The van der Waals surface area contributed by atoms with Crippen LogP contribution < -0.4 is 5.32 Å². The molecule has 1 atom stereocenters. The highest BCUT2D eigenvalue weighted by Gasteiger charge is 2.24. The normalized spacial score (nSPS) is 17.9. The van der Waals surface area contributed by atoms with Crippen LogP contribution in [0.25, 0.3) is 11.7 Å². The van der Waals surface area contributed by atoms with Crippen LogP contribution in [0.2, 0.25) is 0 Å². The molecule has 0 aliphatic carbocycles. The number of hydrogen-bond acceptors (Lipinski definition) is 7. The summed E-state index contributed by atoms with van der Waals surface area (Å²) in [4.78, 5) is 6.82. The molecule has 0 bridgehead atoms. The first-order valence-corrected chi connectivity index (χ1v) is 8.52. The van der Waals surface area contributed by atoms with Gasteiger partial charge in [-0.1, -0.05) is 6.07 Å². The molecule has 1 aliphatic heterocycles. The van der Waals surface area contributed by atoms with Crippen LogP contribution in [0.1, 0.15) is 18.0 Å². The number of anilines is 1. The third kappa shape index (κ3) is 3.88. The predicted octanol–water partition coefficient (Wildman–Crippen LogP) is 2.97. The van der Waals surface area contributed by atoms with Crippen LogP contribution in [0.15, 0.2) is 45.4 Å². The summed E-state index contributed by atoms with van der Waals surface area (Å²) in [6.45, 7) is 5.65. The molecule has 0 saturated carbocycles. The van der Waals surface area contributed by atoms with E-state index in [1.54, 1.807) is 12.3 Å². The molecule has 7 nitrogen and oxygen atoms in total. The van der Waals surface area contributed by atoms with Crippen LogP contribution in [0.4, 0.5) is 5.82 Å². The molecule has 25 heavy (non-hydrogen) atoms. The van der Waals surface area contributed by atoms with Crippen molar-refractivity contribution in [1.82, 2.24) is 20.1 Å². The fourth-order valence-corrected chi connectivity index (χ4v) is 3.12. The van der Waals surface area contributed by atoms with Gasteiger partial charge in [0.15, 0.2) is 5.76 Å². The topological polar surface area (TPSA) is 80.2 Å². The van der Waals surface area contributed by atoms with E-state index >= 15 is 0 Å². The highest BCUT2D eigenvalue weighted by molar-refractivity contribution is 5.42. The van der Waals surface area contributed by atoms with Gasteiger partial charge in [0.1, 0.15) is 5.82 Å². The molecule has 130 valence electrons. The minimum Gasteiger partial charge on any atom is -0.459 e. The molecule has 3 aromatic rings. The lowest BCUT2D eigenvalue weighted by atomic mass is 10.1. The molecule has 1 fully saturated rings. The summed E-state index contributed by atoms with van der Waals surface area (Å²) in [5.74, 6) is 3.20. The Kier molecular flexibility index (Phi) is 4.47. The number of nitrogens with one attached hydrogen (secondary N) is 1. The Labute approximate surface area is 146 Å². The quantitative estimate of drug-likeness (QED) is 0.739. The average molecular weight is 339 g/mol. The fourth-order valence-electron chi connectivity index (χ4n) is 3.12. The Balaban J connectivity index is 1.28. The van der Waals surface area contributed by atoms with Gasteiger partial charge >= 0.3 is 0 Å². The molecule has 1 N–H and O–H groups in total. The zero-order valence-corrected chi connectivity index (χ0v) is 14.2. The Morgan fingerprint density at radius 2 is 2.20 bits per heavy atom. The minimum absolute atomic E-state index is 0.433. The van der Waals surface area contributed by atoms with Crippen LogP contribution in [0, 0.1) is 12.8 Å². The first kappa shape index (κ1) is 15.8. The lowest BCUT2D eigenvalue weighted by Gasteiger charge is -2.14. The van der Waals surface area contributed by atoms with Gasteiger partial charge in [0.25, 0.3) is 5.89 Å². The van der Waals surface area contributed by atoms with Gasteiger partial charge in [0, 0.05) is 18.8 Å². The summed E-state index contributed by atoms with van der Waals surface area (Å²) in [6, 6.07) is 9.66. The van der Waals surface area contributed by atoms with E-state index in [9.17, 15) is 0 Å². The smallest absolute Gasteiger partial charge is 0.283 e. The van der Waals surface area contributed by atoms with Crippen molar-refractivity contribution >= 4 is 5.82 Å². The molecule has 3 aromatic heterocycles. The molecule has 1 aliphatic rings. The number of aromatic nitrogens is 3. The number of nitrogens with zero attached hydrogens (tertiary/aromatic N) is 4. The summed E-state index contributed by atoms with van der Waals surface area (Å²) in [6.07, 6.45) is 2.75. The van der Waals surface area contributed by atoms with Gasteiger partial charge in [-0.2, -0.15) is 0 Å². The summed E-state index contributed by atoms with van der Waals surface area (Å²) >= 11 is 0. The molecule has 0 spiro atoms. The highest BCUT2D eigenvalue weighted by atomic mass is 16.4. The van der Waals surface area contributed by atoms with Crippen LogP contribution >= 0.6 is 0 Å². The van der Waals surface area contributed by atoms with Crippen molar-refractivity contribution in [1.29, 1.82) is 0 Å². The Morgan fingerprint density at radius 3 is 3.04 bits per heavy atom. The third-order valence-electron chi connectivity index (χ3n) is 4.39. The van der Waals surface area contributed by atoms with Crippen LogP contribution in [0.3, 0.4) is 0 Å². The van der Waals surface area contributed by atoms with E-state index in [0.717, 1.165) is 37.6 Å². The van der Waals surface area contributed by atoms with Gasteiger partial charge in [-0.25, -0.2) is 4.98 Å². The van der Waals surface area contributed by atoms with E-state index in [-0.39, 0.29) is 0 Å². The van der Waals surface area contributed by atoms with E-state index < -0.39 is 0 Å². The standard InChI is InChI=1S/C18H21N5O2/c1-13-4-2-6-16(20-13)19-10-14-7-8-23(11-14)12-17-21-22-18(25-17)15-5-3-9-24-15/h2-6,9,14H,7-8,10-12H2,1H3,(H,19,20). The minimum atomic E-state index is 0.433. The number of pyridine rings is 1. The Bertz CT molecular complexity index is 815. The number of rotatable bonds is 6. The third-order valence-corrected chi connectivity index (χ3v) is 4.39. The molecule has 4 rings (SSSR count). The molecular weight excluding hydrogens is 318 g/mol. The van der Waals surface area contributed by atoms with Crippen molar-refractivity contribution in [3.8, 4) is 11.7 Å².